The summed E-state index contributed by atoms with van der Waals surface area (Å²) < 4.78 is 25.4. The average Bonchev–Trinajstić information content (AvgIpc) is 3.46. The van der Waals surface area contributed by atoms with Crippen LogP contribution in [0.1, 0.15) is 10.5 Å². The van der Waals surface area contributed by atoms with Gasteiger partial charge in [-0.25, -0.2) is 13.4 Å². The van der Waals surface area contributed by atoms with Gasteiger partial charge in [-0.3, -0.25) is 14.9 Å². The molecule has 31 heavy (non-hydrogen) atoms. The molecule has 1 N–H and O–H groups in total. The third-order valence-electron chi connectivity index (χ3n) is 4.29. The number of sulfone groups is 1. The minimum atomic E-state index is -3.85. The maximum atomic E-state index is 12.7. The molecule has 0 saturated carbocycles. The number of benzene rings is 2. The first kappa shape index (κ1) is 20.8. The highest BCUT2D eigenvalue weighted by atomic mass is 32.2. The second kappa shape index (κ2) is 8.38. The molecule has 0 aliphatic heterocycles. The number of amides is 1. The van der Waals surface area contributed by atoms with Crippen LogP contribution in [0.2, 0.25) is 0 Å². The predicted molar refractivity (Wildman–Crippen MR) is 118 cm³/mol. The van der Waals surface area contributed by atoms with E-state index in [4.69, 9.17) is 0 Å². The number of carbonyl (C=O) groups excluding carboxylic acids is 1. The second-order valence-corrected chi connectivity index (χ2v) is 9.87. The maximum Gasteiger partial charge on any atom is 0.275 e. The molecule has 0 saturated heterocycles. The van der Waals surface area contributed by atoms with E-state index in [2.05, 4.69) is 10.3 Å². The summed E-state index contributed by atoms with van der Waals surface area (Å²) in [6.07, 6.45) is 0. The monoisotopic (exact) mass is 471 g/mol. The Morgan fingerprint density at radius 2 is 1.61 bits per heavy atom. The standard InChI is InChI=1S/C20H13N3O5S3/c24-19(18-12-30-20(22-18)13-9-10-29-11-13)21-14-1-5-16(6-2-14)31(27,28)17-7-3-15(4-8-17)23(25)26/h1-12H,(H,21,24). The van der Waals surface area contributed by atoms with E-state index < -0.39 is 20.7 Å². The molecule has 0 unspecified atom stereocenters. The molecule has 0 aliphatic carbocycles. The van der Waals surface area contributed by atoms with Gasteiger partial charge >= 0.3 is 0 Å². The van der Waals surface area contributed by atoms with Crippen molar-refractivity contribution in [2.45, 2.75) is 9.79 Å². The number of rotatable bonds is 6. The van der Waals surface area contributed by atoms with Crippen LogP contribution in [0.4, 0.5) is 11.4 Å². The third-order valence-corrected chi connectivity index (χ3v) is 7.65. The largest absolute Gasteiger partial charge is 0.321 e. The van der Waals surface area contributed by atoms with E-state index >= 15 is 0 Å². The normalized spacial score (nSPS) is 11.2. The van der Waals surface area contributed by atoms with Gasteiger partial charge in [0.05, 0.1) is 14.7 Å². The SMILES string of the molecule is O=C(Nc1ccc(S(=O)(=O)c2ccc([N+](=O)[O-])cc2)cc1)c1csc(-c2ccsc2)n1. The zero-order valence-corrected chi connectivity index (χ0v) is 18.0. The molecule has 0 aliphatic rings. The van der Waals surface area contributed by atoms with Crippen molar-refractivity contribution in [3.05, 3.63) is 86.5 Å². The number of hydrogen-bond acceptors (Lipinski definition) is 8. The van der Waals surface area contributed by atoms with Gasteiger partial charge < -0.3 is 5.32 Å². The van der Waals surface area contributed by atoms with E-state index in [1.807, 2.05) is 16.8 Å². The zero-order valence-electron chi connectivity index (χ0n) is 15.6. The molecule has 156 valence electrons. The quantitative estimate of drug-likeness (QED) is 0.317. The lowest BCUT2D eigenvalue weighted by atomic mass is 10.3. The Morgan fingerprint density at radius 1 is 0.968 bits per heavy atom. The highest BCUT2D eigenvalue weighted by Gasteiger charge is 2.19. The maximum absolute atomic E-state index is 12.7. The Bertz CT molecular complexity index is 1340. The number of nitrogens with one attached hydrogen (secondary N) is 1. The van der Waals surface area contributed by atoms with Gasteiger partial charge in [0, 0.05) is 34.1 Å². The number of thiazole rings is 1. The minimum absolute atomic E-state index is 0.00718. The number of non-ortho nitro benzene ring substituents is 1. The second-order valence-electron chi connectivity index (χ2n) is 6.28. The van der Waals surface area contributed by atoms with Crippen molar-refractivity contribution in [2.75, 3.05) is 5.32 Å². The van der Waals surface area contributed by atoms with Gasteiger partial charge in [0.25, 0.3) is 11.6 Å². The van der Waals surface area contributed by atoms with Crippen LogP contribution in [0.5, 0.6) is 0 Å². The van der Waals surface area contributed by atoms with Crippen molar-refractivity contribution in [2.24, 2.45) is 0 Å². The zero-order chi connectivity index (χ0) is 22.0. The Labute approximate surface area is 184 Å². The Hall–Kier alpha value is -3.41. The number of hydrogen-bond donors (Lipinski definition) is 1. The number of nitrogens with zero attached hydrogens (tertiary/aromatic N) is 2. The number of thiophene rings is 1. The first-order valence-electron chi connectivity index (χ1n) is 8.73. The summed E-state index contributed by atoms with van der Waals surface area (Å²) in [6, 6.07) is 12.3. The lowest BCUT2D eigenvalue weighted by Gasteiger charge is -2.07. The molecule has 0 fully saturated rings. The van der Waals surface area contributed by atoms with Crippen molar-refractivity contribution in [3.63, 3.8) is 0 Å². The molecule has 2 heterocycles. The summed E-state index contributed by atoms with van der Waals surface area (Å²) in [5, 5.41) is 19.7. The van der Waals surface area contributed by atoms with Crippen molar-refractivity contribution < 1.29 is 18.1 Å². The number of nitro groups is 1. The van der Waals surface area contributed by atoms with Crippen LogP contribution in [0.15, 0.2) is 80.5 Å². The Morgan fingerprint density at radius 3 is 2.19 bits per heavy atom. The van der Waals surface area contributed by atoms with Crippen molar-refractivity contribution in [3.8, 4) is 10.6 Å². The summed E-state index contributed by atoms with van der Waals surface area (Å²) in [5.74, 6) is -0.399. The molecule has 11 heteroatoms. The number of aromatic nitrogens is 1. The minimum Gasteiger partial charge on any atom is -0.321 e. The topological polar surface area (TPSA) is 119 Å². The van der Waals surface area contributed by atoms with Gasteiger partial charge in [0.15, 0.2) is 0 Å². The third kappa shape index (κ3) is 4.38. The molecule has 8 nitrogen and oxygen atoms in total. The molecule has 4 rings (SSSR count). The number of nitro benzene ring substituents is 1. The number of carbonyl (C=O) groups is 1. The molecule has 0 radical (unpaired) electrons. The Balaban J connectivity index is 1.49. The summed E-state index contributed by atoms with van der Waals surface area (Å²) in [5.41, 5.74) is 1.45. The van der Waals surface area contributed by atoms with Gasteiger partial charge in [0.1, 0.15) is 10.7 Å². The van der Waals surface area contributed by atoms with Gasteiger partial charge in [-0.2, -0.15) is 11.3 Å². The van der Waals surface area contributed by atoms with E-state index in [1.165, 1.54) is 47.7 Å². The molecular formula is C20H13N3O5S3. The first-order valence-corrected chi connectivity index (χ1v) is 12.0. The first-order chi connectivity index (χ1) is 14.8. The van der Waals surface area contributed by atoms with E-state index in [0.717, 1.165) is 22.7 Å². The molecule has 2 aromatic heterocycles. The smallest absolute Gasteiger partial charge is 0.275 e. The summed E-state index contributed by atoms with van der Waals surface area (Å²) in [4.78, 5) is 26.9. The molecule has 0 spiro atoms. The van der Waals surface area contributed by atoms with E-state index in [1.54, 1.807) is 16.7 Å². The average molecular weight is 472 g/mol. The molecule has 0 atom stereocenters. The van der Waals surface area contributed by atoms with Crippen LogP contribution in [-0.2, 0) is 9.84 Å². The molecule has 4 aromatic rings. The predicted octanol–water partition coefficient (Wildman–Crippen LogP) is 4.86. The highest BCUT2D eigenvalue weighted by molar-refractivity contribution is 7.91. The fourth-order valence-electron chi connectivity index (χ4n) is 2.69. The lowest BCUT2D eigenvalue weighted by Crippen LogP contribution is -2.12. The van der Waals surface area contributed by atoms with Crippen molar-refractivity contribution in [1.29, 1.82) is 0 Å². The van der Waals surface area contributed by atoms with Gasteiger partial charge in [-0.15, -0.1) is 11.3 Å². The van der Waals surface area contributed by atoms with Crippen LogP contribution in [0, 0.1) is 10.1 Å². The van der Waals surface area contributed by atoms with Gasteiger partial charge in [0.2, 0.25) is 9.84 Å². The van der Waals surface area contributed by atoms with Crippen LogP contribution >= 0.6 is 22.7 Å². The Kier molecular flexibility index (Phi) is 5.63. The van der Waals surface area contributed by atoms with E-state index in [0.29, 0.717) is 5.69 Å². The fourth-order valence-corrected chi connectivity index (χ4v) is 5.47. The van der Waals surface area contributed by atoms with Crippen molar-refractivity contribution >= 4 is 49.8 Å². The molecule has 0 bridgehead atoms. The lowest BCUT2D eigenvalue weighted by molar-refractivity contribution is -0.384. The van der Waals surface area contributed by atoms with E-state index in [9.17, 15) is 23.3 Å². The molecule has 1 amide bonds. The highest BCUT2D eigenvalue weighted by Crippen LogP contribution is 2.27. The van der Waals surface area contributed by atoms with Crippen LogP contribution in [-0.4, -0.2) is 24.2 Å². The summed E-state index contributed by atoms with van der Waals surface area (Å²) >= 11 is 2.91. The molecular weight excluding hydrogens is 458 g/mol. The fraction of sp³-hybridized carbons (Fsp3) is 0. The van der Waals surface area contributed by atoms with Gasteiger partial charge in [-0.05, 0) is 47.8 Å². The van der Waals surface area contributed by atoms with Gasteiger partial charge in [-0.1, -0.05) is 0 Å². The van der Waals surface area contributed by atoms with Crippen LogP contribution in [0.3, 0.4) is 0 Å². The van der Waals surface area contributed by atoms with E-state index in [-0.39, 0.29) is 21.2 Å². The van der Waals surface area contributed by atoms with Crippen molar-refractivity contribution in [1.82, 2.24) is 4.98 Å². The summed E-state index contributed by atoms with van der Waals surface area (Å²) in [6.45, 7) is 0. The van der Waals surface area contributed by atoms with Crippen LogP contribution in [0.25, 0.3) is 10.6 Å². The van der Waals surface area contributed by atoms with Crippen LogP contribution < -0.4 is 5.32 Å². The molecule has 2 aromatic carbocycles. The number of anilines is 1. The summed E-state index contributed by atoms with van der Waals surface area (Å²) in [7, 11) is -3.85.